The minimum absolute atomic E-state index is 0.0738. The van der Waals surface area contributed by atoms with Crippen molar-refractivity contribution in [2.75, 3.05) is 26.5 Å². The third-order valence-electron chi connectivity index (χ3n) is 2.77. The Morgan fingerprint density at radius 1 is 1.43 bits per heavy atom. The van der Waals surface area contributed by atoms with Crippen molar-refractivity contribution in [3.63, 3.8) is 0 Å². The molecule has 0 radical (unpaired) electrons. The van der Waals surface area contributed by atoms with Crippen LogP contribution in [-0.2, 0) is 21.4 Å². The van der Waals surface area contributed by atoms with Gasteiger partial charge in [-0.25, -0.2) is 8.42 Å². The molecular weight excluding hydrogens is 292 g/mol. The lowest BCUT2D eigenvalue weighted by Crippen LogP contribution is -2.39. The van der Waals surface area contributed by atoms with E-state index in [0.717, 1.165) is 10.6 Å². The molecule has 7 heteroatoms. The van der Waals surface area contributed by atoms with Crippen molar-refractivity contribution in [1.29, 1.82) is 0 Å². The molecule has 1 N–H and O–H groups in total. The molecule has 0 heterocycles. The van der Waals surface area contributed by atoms with Gasteiger partial charge in [0.15, 0.2) is 0 Å². The average molecular weight is 312 g/mol. The summed E-state index contributed by atoms with van der Waals surface area (Å²) in [6, 6.07) is 7.09. The van der Waals surface area contributed by atoms with Crippen LogP contribution in [0.2, 0.25) is 0 Å². The smallest absolute Gasteiger partial charge is 0.235 e. The SMILES string of the molecule is C=CCNC(=O)CN(Cc1ccccc1OC)S(C)(=O)=O. The van der Waals surface area contributed by atoms with E-state index in [0.29, 0.717) is 17.9 Å². The van der Waals surface area contributed by atoms with E-state index in [9.17, 15) is 13.2 Å². The van der Waals surface area contributed by atoms with E-state index in [2.05, 4.69) is 11.9 Å². The molecule has 0 fully saturated rings. The van der Waals surface area contributed by atoms with Crippen molar-refractivity contribution >= 4 is 15.9 Å². The Morgan fingerprint density at radius 3 is 2.67 bits per heavy atom. The highest BCUT2D eigenvalue weighted by molar-refractivity contribution is 7.88. The van der Waals surface area contributed by atoms with E-state index < -0.39 is 10.0 Å². The molecule has 0 aliphatic rings. The van der Waals surface area contributed by atoms with Crippen LogP contribution in [0.4, 0.5) is 0 Å². The second kappa shape index (κ2) is 7.80. The number of nitrogens with zero attached hydrogens (tertiary/aromatic N) is 1. The van der Waals surface area contributed by atoms with Crippen LogP contribution in [0, 0.1) is 0 Å². The fraction of sp³-hybridized carbons (Fsp3) is 0.357. The number of rotatable bonds is 8. The number of carbonyl (C=O) groups excluding carboxylic acids is 1. The Labute approximate surface area is 125 Å². The van der Waals surface area contributed by atoms with Gasteiger partial charge in [-0.1, -0.05) is 24.3 Å². The van der Waals surface area contributed by atoms with E-state index in [4.69, 9.17) is 4.74 Å². The molecule has 1 rings (SSSR count). The van der Waals surface area contributed by atoms with E-state index in [1.807, 2.05) is 0 Å². The van der Waals surface area contributed by atoms with E-state index in [1.54, 1.807) is 24.3 Å². The summed E-state index contributed by atoms with van der Waals surface area (Å²) in [4.78, 5) is 11.7. The van der Waals surface area contributed by atoms with Gasteiger partial charge in [0.1, 0.15) is 5.75 Å². The minimum Gasteiger partial charge on any atom is -0.496 e. The fourth-order valence-electron chi connectivity index (χ4n) is 1.72. The Morgan fingerprint density at radius 2 is 2.10 bits per heavy atom. The summed E-state index contributed by atoms with van der Waals surface area (Å²) < 4.78 is 30.0. The molecule has 1 aromatic carbocycles. The lowest BCUT2D eigenvalue weighted by Gasteiger charge is -2.20. The monoisotopic (exact) mass is 312 g/mol. The zero-order valence-corrected chi connectivity index (χ0v) is 13.0. The minimum atomic E-state index is -3.52. The number of amides is 1. The van der Waals surface area contributed by atoms with Crippen molar-refractivity contribution in [3.05, 3.63) is 42.5 Å². The summed E-state index contributed by atoms with van der Waals surface area (Å²) in [5, 5.41) is 2.55. The zero-order valence-electron chi connectivity index (χ0n) is 12.2. The molecule has 0 saturated carbocycles. The van der Waals surface area contributed by atoms with Gasteiger partial charge >= 0.3 is 0 Å². The van der Waals surface area contributed by atoms with Crippen molar-refractivity contribution < 1.29 is 17.9 Å². The third-order valence-corrected chi connectivity index (χ3v) is 3.97. The molecular formula is C14H20N2O4S. The summed E-state index contributed by atoms with van der Waals surface area (Å²) in [5.74, 6) is 0.202. The highest BCUT2D eigenvalue weighted by atomic mass is 32.2. The van der Waals surface area contributed by atoms with Crippen molar-refractivity contribution in [2.24, 2.45) is 0 Å². The van der Waals surface area contributed by atoms with Crippen molar-refractivity contribution in [1.82, 2.24) is 9.62 Å². The average Bonchev–Trinajstić information content (AvgIpc) is 2.44. The fourth-order valence-corrected chi connectivity index (χ4v) is 2.44. The molecule has 0 spiro atoms. The van der Waals surface area contributed by atoms with Gasteiger partial charge in [-0.15, -0.1) is 6.58 Å². The number of ether oxygens (including phenoxy) is 1. The Kier molecular flexibility index (Phi) is 6.39. The Bertz CT molecular complexity index is 599. The Balaban J connectivity index is 2.89. The standard InChI is InChI=1S/C14H20N2O4S/c1-4-9-15-14(17)11-16(21(3,18)19)10-12-7-5-6-8-13(12)20-2/h4-8H,1,9-11H2,2-3H3,(H,15,17). The first-order chi connectivity index (χ1) is 9.88. The maximum absolute atomic E-state index is 11.8. The summed E-state index contributed by atoms with van der Waals surface area (Å²) in [6.07, 6.45) is 2.60. The molecule has 21 heavy (non-hydrogen) atoms. The van der Waals surface area contributed by atoms with Gasteiger partial charge in [-0.2, -0.15) is 4.31 Å². The molecule has 1 amide bonds. The maximum Gasteiger partial charge on any atom is 0.235 e. The largest absolute Gasteiger partial charge is 0.496 e. The molecule has 116 valence electrons. The number of hydrogen-bond donors (Lipinski definition) is 1. The number of para-hydroxylation sites is 1. The molecule has 0 bridgehead atoms. The van der Waals surface area contributed by atoms with Gasteiger partial charge in [0.2, 0.25) is 15.9 Å². The van der Waals surface area contributed by atoms with Crippen LogP contribution in [0.5, 0.6) is 5.75 Å². The van der Waals surface area contributed by atoms with Gasteiger partial charge in [-0.3, -0.25) is 4.79 Å². The quantitative estimate of drug-likeness (QED) is 0.719. The number of nitrogens with one attached hydrogen (secondary N) is 1. The second-order valence-corrected chi connectivity index (χ2v) is 6.42. The summed E-state index contributed by atoms with van der Waals surface area (Å²) in [6.45, 7) is 3.61. The lowest BCUT2D eigenvalue weighted by atomic mass is 10.2. The van der Waals surface area contributed by atoms with Crippen LogP contribution in [-0.4, -0.2) is 45.1 Å². The molecule has 0 atom stereocenters. The Hall–Kier alpha value is -1.86. The molecule has 6 nitrogen and oxygen atoms in total. The molecule has 1 aromatic rings. The number of carbonyl (C=O) groups is 1. The number of sulfonamides is 1. The number of methoxy groups -OCH3 is 1. The molecule has 0 aromatic heterocycles. The predicted molar refractivity (Wildman–Crippen MR) is 81.5 cm³/mol. The van der Waals surface area contributed by atoms with Crippen LogP contribution in [0.25, 0.3) is 0 Å². The van der Waals surface area contributed by atoms with Gasteiger partial charge in [0.05, 0.1) is 19.9 Å². The van der Waals surface area contributed by atoms with Crippen LogP contribution in [0.15, 0.2) is 36.9 Å². The number of hydrogen-bond acceptors (Lipinski definition) is 4. The maximum atomic E-state index is 11.8. The van der Waals surface area contributed by atoms with E-state index >= 15 is 0 Å². The molecule has 0 saturated heterocycles. The van der Waals surface area contributed by atoms with Gasteiger partial charge < -0.3 is 10.1 Å². The topological polar surface area (TPSA) is 75.7 Å². The molecule has 0 aliphatic heterocycles. The van der Waals surface area contributed by atoms with Crippen molar-refractivity contribution in [3.8, 4) is 5.75 Å². The van der Waals surface area contributed by atoms with E-state index in [1.165, 1.54) is 13.2 Å². The summed E-state index contributed by atoms with van der Waals surface area (Å²) >= 11 is 0. The first-order valence-electron chi connectivity index (χ1n) is 6.33. The van der Waals surface area contributed by atoms with Gasteiger partial charge in [-0.05, 0) is 6.07 Å². The van der Waals surface area contributed by atoms with Crippen LogP contribution < -0.4 is 10.1 Å². The number of benzene rings is 1. The lowest BCUT2D eigenvalue weighted by molar-refractivity contribution is -0.121. The normalized spacial score (nSPS) is 11.2. The first-order valence-corrected chi connectivity index (χ1v) is 8.18. The van der Waals surface area contributed by atoms with Crippen LogP contribution >= 0.6 is 0 Å². The van der Waals surface area contributed by atoms with Crippen molar-refractivity contribution in [2.45, 2.75) is 6.54 Å². The summed E-state index contributed by atoms with van der Waals surface area (Å²) in [7, 11) is -2.00. The second-order valence-electron chi connectivity index (χ2n) is 4.44. The first kappa shape index (κ1) is 17.2. The van der Waals surface area contributed by atoms with Crippen LogP contribution in [0.3, 0.4) is 0 Å². The van der Waals surface area contributed by atoms with E-state index in [-0.39, 0.29) is 19.0 Å². The highest BCUT2D eigenvalue weighted by Crippen LogP contribution is 2.20. The highest BCUT2D eigenvalue weighted by Gasteiger charge is 2.21. The molecule has 0 unspecified atom stereocenters. The zero-order chi connectivity index (χ0) is 15.9. The van der Waals surface area contributed by atoms with Crippen LogP contribution in [0.1, 0.15) is 5.56 Å². The predicted octanol–water partition coefficient (Wildman–Crippen LogP) is 0.759. The summed E-state index contributed by atoms with van der Waals surface area (Å²) in [5.41, 5.74) is 0.696. The van der Waals surface area contributed by atoms with Gasteiger partial charge in [0.25, 0.3) is 0 Å². The van der Waals surface area contributed by atoms with Gasteiger partial charge in [0, 0.05) is 18.7 Å². The molecule has 0 aliphatic carbocycles. The third kappa shape index (κ3) is 5.57.